The van der Waals surface area contributed by atoms with E-state index in [9.17, 15) is 4.79 Å². The molecule has 0 aliphatic carbocycles. The predicted octanol–water partition coefficient (Wildman–Crippen LogP) is 3.03. The molecule has 0 spiro atoms. The van der Waals surface area contributed by atoms with Crippen molar-refractivity contribution in [2.24, 2.45) is 7.05 Å². The Bertz CT molecular complexity index is 823. The number of aromatic nitrogens is 4. The Kier molecular flexibility index (Phi) is 4.43. The first-order valence-electron chi connectivity index (χ1n) is 7.18. The minimum absolute atomic E-state index is 0.0821. The monoisotopic (exact) mass is 329 g/mol. The molecule has 0 bridgehead atoms. The molecule has 6 nitrogen and oxygen atoms in total. The predicted molar refractivity (Wildman–Crippen MR) is 89.2 cm³/mol. The molecule has 3 rings (SSSR count). The Labute approximate surface area is 138 Å². The SMILES string of the molecule is Cn1cc(CCC(=O)Nc2[nH]ncc2-c2cccc(Cl)c2)cn1. The quantitative estimate of drug-likeness (QED) is 0.755. The van der Waals surface area contributed by atoms with E-state index in [1.165, 1.54) is 0 Å². The van der Waals surface area contributed by atoms with Crippen LogP contribution in [0.5, 0.6) is 0 Å². The summed E-state index contributed by atoms with van der Waals surface area (Å²) in [6.07, 6.45) is 6.35. The smallest absolute Gasteiger partial charge is 0.225 e. The highest BCUT2D eigenvalue weighted by Crippen LogP contribution is 2.27. The van der Waals surface area contributed by atoms with Gasteiger partial charge in [-0.3, -0.25) is 14.6 Å². The minimum atomic E-state index is -0.0821. The van der Waals surface area contributed by atoms with Gasteiger partial charge in [0.1, 0.15) is 5.82 Å². The first-order chi connectivity index (χ1) is 11.1. The van der Waals surface area contributed by atoms with Crippen molar-refractivity contribution in [3.63, 3.8) is 0 Å². The Morgan fingerprint density at radius 2 is 2.26 bits per heavy atom. The number of anilines is 1. The van der Waals surface area contributed by atoms with E-state index in [4.69, 9.17) is 11.6 Å². The fourth-order valence-electron chi connectivity index (χ4n) is 2.32. The highest BCUT2D eigenvalue weighted by atomic mass is 35.5. The van der Waals surface area contributed by atoms with E-state index in [0.29, 0.717) is 23.7 Å². The maximum atomic E-state index is 12.1. The van der Waals surface area contributed by atoms with Gasteiger partial charge < -0.3 is 5.32 Å². The van der Waals surface area contributed by atoms with Gasteiger partial charge in [-0.05, 0) is 29.7 Å². The number of aryl methyl sites for hydroxylation is 2. The molecule has 2 aromatic heterocycles. The first-order valence-corrected chi connectivity index (χ1v) is 7.56. The van der Waals surface area contributed by atoms with Gasteiger partial charge in [0.05, 0.1) is 12.4 Å². The molecule has 0 saturated heterocycles. The standard InChI is InChI=1S/C16H16ClN5O/c1-22-10-11(8-19-22)5-6-15(23)20-16-14(9-18-21-16)12-3-2-4-13(17)7-12/h2-4,7-10H,5-6H2,1H3,(H2,18,20,21,23). The molecule has 23 heavy (non-hydrogen) atoms. The number of hydrogen-bond acceptors (Lipinski definition) is 3. The van der Waals surface area contributed by atoms with Crippen molar-refractivity contribution in [1.29, 1.82) is 0 Å². The summed E-state index contributed by atoms with van der Waals surface area (Å²) in [5.41, 5.74) is 2.73. The summed E-state index contributed by atoms with van der Waals surface area (Å²) in [6, 6.07) is 7.41. The highest BCUT2D eigenvalue weighted by molar-refractivity contribution is 6.30. The number of rotatable bonds is 5. The van der Waals surface area contributed by atoms with E-state index >= 15 is 0 Å². The van der Waals surface area contributed by atoms with E-state index in [0.717, 1.165) is 16.7 Å². The molecule has 1 aromatic carbocycles. The third-order valence-corrected chi connectivity index (χ3v) is 3.67. The Balaban J connectivity index is 1.66. The number of benzene rings is 1. The van der Waals surface area contributed by atoms with Gasteiger partial charge in [0.2, 0.25) is 5.91 Å². The molecule has 0 aliphatic heterocycles. The van der Waals surface area contributed by atoms with Gasteiger partial charge in [0, 0.05) is 30.3 Å². The number of nitrogens with one attached hydrogen (secondary N) is 2. The summed E-state index contributed by atoms with van der Waals surface area (Å²) in [5, 5.41) is 14.4. The van der Waals surface area contributed by atoms with Crippen LogP contribution >= 0.6 is 11.6 Å². The zero-order chi connectivity index (χ0) is 16.2. The second-order valence-electron chi connectivity index (χ2n) is 5.24. The number of amides is 1. The molecule has 0 atom stereocenters. The fraction of sp³-hybridized carbons (Fsp3) is 0.188. The van der Waals surface area contributed by atoms with Gasteiger partial charge in [0.25, 0.3) is 0 Å². The van der Waals surface area contributed by atoms with Crippen LogP contribution in [0.2, 0.25) is 5.02 Å². The van der Waals surface area contributed by atoms with Gasteiger partial charge in [-0.15, -0.1) is 0 Å². The van der Waals surface area contributed by atoms with Gasteiger partial charge in [0.15, 0.2) is 0 Å². The molecule has 3 aromatic rings. The van der Waals surface area contributed by atoms with E-state index in [1.54, 1.807) is 23.1 Å². The largest absolute Gasteiger partial charge is 0.311 e. The van der Waals surface area contributed by atoms with Crippen molar-refractivity contribution in [2.75, 3.05) is 5.32 Å². The van der Waals surface area contributed by atoms with Crippen LogP contribution in [-0.2, 0) is 18.3 Å². The molecule has 0 aliphatic rings. The lowest BCUT2D eigenvalue weighted by Crippen LogP contribution is -2.13. The summed E-state index contributed by atoms with van der Waals surface area (Å²) in [7, 11) is 1.85. The van der Waals surface area contributed by atoms with Crippen LogP contribution in [0.4, 0.5) is 5.82 Å². The van der Waals surface area contributed by atoms with Crippen LogP contribution in [-0.4, -0.2) is 25.9 Å². The highest BCUT2D eigenvalue weighted by Gasteiger charge is 2.11. The number of hydrogen-bond donors (Lipinski definition) is 2. The third kappa shape index (κ3) is 3.78. The lowest BCUT2D eigenvalue weighted by atomic mass is 10.1. The molecule has 2 heterocycles. The van der Waals surface area contributed by atoms with Crippen molar-refractivity contribution in [1.82, 2.24) is 20.0 Å². The number of carbonyl (C=O) groups is 1. The molecule has 1 amide bonds. The van der Waals surface area contributed by atoms with Crippen molar-refractivity contribution in [3.8, 4) is 11.1 Å². The number of H-pyrrole nitrogens is 1. The second-order valence-corrected chi connectivity index (χ2v) is 5.68. The van der Waals surface area contributed by atoms with Crippen molar-refractivity contribution in [3.05, 3.63) is 53.4 Å². The topological polar surface area (TPSA) is 75.6 Å². The molecule has 7 heteroatoms. The molecule has 0 saturated carbocycles. The van der Waals surface area contributed by atoms with E-state index in [2.05, 4.69) is 20.6 Å². The van der Waals surface area contributed by atoms with Crippen molar-refractivity contribution in [2.45, 2.75) is 12.8 Å². The number of halogens is 1. The Hall–Kier alpha value is -2.60. The van der Waals surface area contributed by atoms with Gasteiger partial charge >= 0.3 is 0 Å². The van der Waals surface area contributed by atoms with Gasteiger partial charge in [-0.1, -0.05) is 23.7 Å². The van der Waals surface area contributed by atoms with Crippen molar-refractivity contribution < 1.29 is 4.79 Å². The summed E-state index contributed by atoms with van der Waals surface area (Å²) in [6.45, 7) is 0. The van der Waals surface area contributed by atoms with Crippen LogP contribution in [0, 0.1) is 0 Å². The average Bonchev–Trinajstić information content (AvgIpc) is 3.14. The molecule has 2 N–H and O–H groups in total. The summed E-state index contributed by atoms with van der Waals surface area (Å²) < 4.78 is 1.72. The van der Waals surface area contributed by atoms with Gasteiger partial charge in [-0.2, -0.15) is 10.2 Å². The van der Waals surface area contributed by atoms with Crippen LogP contribution in [0.1, 0.15) is 12.0 Å². The normalized spacial score (nSPS) is 10.7. The Morgan fingerprint density at radius 3 is 3.00 bits per heavy atom. The summed E-state index contributed by atoms with van der Waals surface area (Å²) in [5.74, 6) is 0.491. The van der Waals surface area contributed by atoms with Gasteiger partial charge in [-0.25, -0.2) is 0 Å². The maximum absolute atomic E-state index is 12.1. The van der Waals surface area contributed by atoms with E-state index in [-0.39, 0.29) is 5.91 Å². The van der Waals surface area contributed by atoms with Crippen molar-refractivity contribution >= 4 is 23.3 Å². The van der Waals surface area contributed by atoms with E-state index in [1.807, 2.05) is 31.4 Å². The molecule has 0 fully saturated rings. The molecule has 118 valence electrons. The van der Waals surface area contributed by atoms with Crippen LogP contribution < -0.4 is 5.32 Å². The molecular weight excluding hydrogens is 314 g/mol. The molecule has 0 unspecified atom stereocenters. The summed E-state index contributed by atoms with van der Waals surface area (Å²) in [4.78, 5) is 12.1. The number of carbonyl (C=O) groups excluding carboxylic acids is 1. The van der Waals surface area contributed by atoms with Crippen LogP contribution in [0.25, 0.3) is 11.1 Å². The third-order valence-electron chi connectivity index (χ3n) is 3.44. The average molecular weight is 330 g/mol. The lowest BCUT2D eigenvalue weighted by Gasteiger charge is -2.06. The zero-order valence-corrected chi connectivity index (χ0v) is 13.3. The van der Waals surface area contributed by atoms with E-state index < -0.39 is 0 Å². The van der Waals surface area contributed by atoms with Crippen LogP contribution in [0.3, 0.4) is 0 Å². The summed E-state index contributed by atoms with van der Waals surface area (Å²) >= 11 is 6.01. The number of nitrogens with zero attached hydrogens (tertiary/aromatic N) is 3. The zero-order valence-electron chi connectivity index (χ0n) is 12.6. The fourth-order valence-corrected chi connectivity index (χ4v) is 2.51. The second kappa shape index (κ2) is 6.66. The Morgan fingerprint density at radius 1 is 1.39 bits per heavy atom. The minimum Gasteiger partial charge on any atom is -0.311 e. The number of aromatic amines is 1. The maximum Gasteiger partial charge on any atom is 0.225 e. The molecular formula is C16H16ClN5O. The molecule has 0 radical (unpaired) electrons. The lowest BCUT2D eigenvalue weighted by molar-refractivity contribution is -0.116. The van der Waals surface area contributed by atoms with Crippen LogP contribution in [0.15, 0.2) is 42.9 Å². The first kappa shape index (κ1) is 15.3.